The van der Waals surface area contributed by atoms with Crippen molar-refractivity contribution in [2.24, 2.45) is 0 Å². The Morgan fingerprint density at radius 3 is 2.07 bits per heavy atom. The number of carbonyl (C=O) groups excluding carboxylic acids is 1. The van der Waals surface area contributed by atoms with Crippen LogP contribution in [0.3, 0.4) is 0 Å². The molecule has 138 valence electrons. The van der Waals surface area contributed by atoms with Gasteiger partial charge in [-0.2, -0.15) is 0 Å². The highest BCUT2D eigenvalue weighted by molar-refractivity contribution is 7.92. The molecule has 5 nitrogen and oxygen atoms in total. The molecule has 0 aliphatic carbocycles. The quantitative estimate of drug-likeness (QED) is 0.691. The van der Waals surface area contributed by atoms with Crippen LogP contribution in [0.1, 0.15) is 21.5 Å². The molecule has 1 amide bonds. The fourth-order valence-electron chi connectivity index (χ4n) is 2.55. The number of benzene rings is 3. The number of sulfonamides is 1. The molecule has 0 saturated heterocycles. The van der Waals surface area contributed by atoms with Crippen LogP contribution < -0.4 is 10.0 Å². The Bertz CT molecular complexity index is 1060. The summed E-state index contributed by atoms with van der Waals surface area (Å²) >= 11 is 0. The Morgan fingerprint density at radius 2 is 1.44 bits per heavy atom. The van der Waals surface area contributed by atoms with Gasteiger partial charge in [0.1, 0.15) is 0 Å². The predicted molar refractivity (Wildman–Crippen MR) is 108 cm³/mol. The maximum atomic E-state index is 12.5. The summed E-state index contributed by atoms with van der Waals surface area (Å²) in [5.74, 6) is -0.247. The molecule has 0 fully saturated rings. The molecule has 0 spiro atoms. The van der Waals surface area contributed by atoms with Gasteiger partial charge in [0.25, 0.3) is 15.9 Å². The number of aryl methyl sites for hydroxylation is 2. The average Bonchev–Trinajstić information content (AvgIpc) is 2.62. The number of anilines is 2. The van der Waals surface area contributed by atoms with Crippen LogP contribution in [0.2, 0.25) is 0 Å². The first-order valence-corrected chi connectivity index (χ1v) is 9.89. The maximum Gasteiger partial charge on any atom is 0.261 e. The molecule has 3 rings (SSSR count). The lowest BCUT2D eigenvalue weighted by molar-refractivity contribution is 0.102. The monoisotopic (exact) mass is 380 g/mol. The van der Waals surface area contributed by atoms with Crippen LogP contribution in [0, 0.1) is 13.8 Å². The van der Waals surface area contributed by atoms with Crippen LogP contribution in [0.4, 0.5) is 11.4 Å². The van der Waals surface area contributed by atoms with Gasteiger partial charge in [-0.15, -0.1) is 0 Å². The van der Waals surface area contributed by atoms with Crippen molar-refractivity contribution in [2.75, 3.05) is 10.0 Å². The van der Waals surface area contributed by atoms with Gasteiger partial charge in [-0.05, 0) is 67.9 Å². The molecular formula is C21H20N2O3S. The number of carbonyl (C=O) groups is 1. The van der Waals surface area contributed by atoms with E-state index in [1.54, 1.807) is 42.5 Å². The summed E-state index contributed by atoms with van der Waals surface area (Å²) < 4.78 is 27.6. The van der Waals surface area contributed by atoms with Crippen molar-refractivity contribution in [2.45, 2.75) is 18.7 Å². The third kappa shape index (κ3) is 4.74. The molecule has 0 heterocycles. The lowest BCUT2D eigenvalue weighted by atomic mass is 10.1. The highest BCUT2D eigenvalue weighted by atomic mass is 32.2. The third-order valence-electron chi connectivity index (χ3n) is 4.01. The summed E-state index contributed by atoms with van der Waals surface area (Å²) in [5.41, 5.74) is 3.60. The van der Waals surface area contributed by atoms with E-state index in [2.05, 4.69) is 10.0 Å². The topological polar surface area (TPSA) is 75.3 Å². The minimum absolute atomic E-state index is 0.123. The fourth-order valence-corrected chi connectivity index (χ4v) is 3.60. The standard InChI is InChI=1S/C21H20N2O3S/c1-15-6-8-17(9-7-15)21(24)22-18-10-12-20(13-11-18)27(25,26)23-19-5-3-4-16(2)14-19/h3-14,23H,1-2H3,(H,22,24). The maximum absolute atomic E-state index is 12.5. The van der Waals surface area contributed by atoms with Crippen LogP contribution in [0.15, 0.2) is 77.7 Å². The third-order valence-corrected chi connectivity index (χ3v) is 5.40. The summed E-state index contributed by atoms with van der Waals surface area (Å²) in [6, 6.07) is 20.4. The molecule has 3 aromatic carbocycles. The lowest BCUT2D eigenvalue weighted by Gasteiger charge is -2.10. The van der Waals surface area contributed by atoms with Gasteiger partial charge in [-0.3, -0.25) is 9.52 Å². The summed E-state index contributed by atoms with van der Waals surface area (Å²) in [5, 5.41) is 2.76. The van der Waals surface area contributed by atoms with E-state index >= 15 is 0 Å². The van der Waals surface area contributed by atoms with E-state index in [4.69, 9.17) is 0 Å². The van der Waals surface area contributed by atoms with E-state index in [0.717, 1.165) is 11.1 Å². The molecular weight excluding hydrogens is 360 g/mol. The normalized spacial score (nSPS) is 11.0. The largest absolute Gasteiger partial charge is 0.322 e. The van der Waals surface area contributed by atoms with E-state index in [-0.39, 0.29) is 10.8 Å². The van der Waals surface area contributed by atoms with Crippen LogP contribution in [0.5, 0.6) is 0 Å². The van der Waals surface area contributed by atoms with Crippen molar-refractivity contribution in [3.05, 3.63) is 89.5 Å². The summed E-state index contributed by atoms with van der Waals surface area (Å²) in [4.78, 5) is 12.4. The Labute approximate surface area is 159 Å². The molecule has 0 aliphatic rings. The van der Waals surface area contributed by atoms with Crippen LogP contribution >= 0.6 is 0 Å². The second-order valence-electron chi connectivity index (χ2n) is 6.32. The average molecular weight is 380 g/mol. The minimum atomic E-state index is -3.69. The molecule has 2 N–H and O–H groups in total. The van der Waals surface area contributed by atoms with Gasteiger partial charge in [-0.25, -0.2) is 8.42 Å². The molecule has 0 saturated carbocycles. The van der Waals surface area contributed by atoms with Gasteiger partial charge in [-0.1, -0.05) is 29.8 Å². The van der Waals surface area contributed by atoms with Gasteiger partial charge in [0.15, 0.2) is 0 Å². The summed E-state index contributed by atoms with van der Waals surface area (Å²) in [6.45, 7) is 3.84. The Kier molecular flexibility index (Phi) is 5.28. The molecule has 27 heavy (non-hydrogen) atoms. The number of hydrogen-bond donors (Lipinski definition) is 2. The molecule has 3 aromatic rings. The zero-order valence-corrected chi connectivity index (χ0v) is 15.9. The van der Waals surface area contributed by atoms with Crippen LogP contribution in [0.25, 0.3) is 0 Å². The Hall–Kier alpha value is -3.12. The first kappa shape index (κ1) is 18.7. The van der Waals surface area contributed by atoms with Crippen molar-refractivity contribution in [3.8, 4) is 0 Å². The summed E-state index contributed by atoms with van der Waals surface area (Å²) in [7, 11) is -3.69. The highest BCUT2D eigenvalue weighted by Gasteiger charge is 2.14. The smallest absolute Gasteiger partial charge is 0.261 e. The Morgan fingerprint density at radius 1 is 0.778 bits per heavy atom. The van der Waals surface area contributed by atoms with Gasteiger partial charge in [0.05, 0.1) is 4.90 Å². The highest BCUT2D eigenvalue weighted by Crippen LogP contribution is 2.19. The van der Waals surface area contributed by atoms with E-state index in [1.807, 2.05) is 32.0 Å². The molecule has 6 heteroatoms. The predicted octanol–water partition coefficient (Wildman–Crippen LogP) is 4.36. The first-order chi connectivity index (χ1) is 12.8. The molecule has 0 aromatic heterocycles. The minimum Gasteiger partial charge on any atom is -0.322 e. The molecule has 0 bridgehead atoms. The van der Waals surface area contributed by atoms with Gasteiger partial charge in [0, 0.05) is 16.9 Å². The molecule has 0 unspecified atom stereocenters. The number of nitrogens with one attached hydrogen (secondary N) is 2. The number of amides is 1. The fraction of sp³-hybridized carbons (Fsp3) is 0.0952. The van der Waals surface area contributed by atoms with Crippen molar-refractivity contribution in [3.63, 3.8) is 0 Å². The van der Waals surface area contributed by atoms with Crippen LogP contribution in [-0.4, -0.2) is 14.3 Å². The SMILES string of the molecule is Cc1ccc(C(=O)Nc2ccc(S(=O)(=O)Nc3cccc(C)c3)cc2)cc1. The van der Waals surface area contributed by atoms with Crippen molar-refractivity contribution in [1.29, 1.82) is 0 Å². The zero-order valence-electron chi connectivity index (χ0n) is 15.1. The van der Waals surface area contributed by atoms with Gasteiger partial charge < -0.3 is 5.32 Å². The van der Waals surface area contributed by atoms with Crippen molar-refractivity contribution < 1.29 is 13.2 Å². The van der Waals surface area contributed by atoms with Gasteiger partial charge >= 0.3 is 0 Å². The second kappa shape index (κ2) is 7.63. The van der Waals surface area contributed by atoms with Gasteiger partial charge in [0.2, 0.25) is 0 Å². The van der Waals surface area contributed by atoms with E-state index < -0.39 is 10.0 Å². The van der Waals surface area contributed by atoms with E-state index in [1.165, 1.54) is 12.1 Å². The van der Waals surface area contributed by atoms with Crippen molar-refractivity contribution >= 4 is 27.3 Å². The zero-order chi connectivity index (χ0) is 19.4. The number of hydrogen-bond acceptors (Lipinski definition) is 3. The van der Waals surface area contributed by atoms with E-state index in [9.17, 15) is 13.2 Å². The molecule has 0 aliphatic heterocycles. The molecule has 0 atom stereocenters. The summed E-state index contributed by atoms with van der Waals surface area (Å²) in [6.07, 6.45) is 0. The van der Waals surface area contributed by atoms with Crippen molar-refractivity contribution in [1.82, 2.24) is 0 Å². The number of rotatable bonds is 5. The first-order valence-electron chi connectivity index (χ1n) is 8.41. The lowest BCUT2D eigenvalue weighted by Crippen LogP contribution is -2.14. The Balaban J connectivity index is 1.72. The van der Waals surface area contributed by atoms with Crippen LogP contribution in [-0.2, 0) is 10.0 Å². The van der Waals surface area contributed by atoms with E-state index in [0.29, 0.717) is 16.9 Å². The molecule has 0 radical (unpaired) electrons. The second-order valence-corrected chi connectivity index (χ2v) is 8.00.